The molecule has 0 aromatic carbocycles. The summed E-state index contributed by atoms with van der Waals surface area (Å²) in [5.74, 6) is -2.61. The van der Waals surface area contributed by atoms with Crippen molar-refractivity contribution in [3.63, 3.8) is 0 Å². The van der Waals surface area contributed by atoms with E-state index in [0.29, 0.717) is 13.0 Å². The molecule has 0 aliphatic rings. The van der Waals surface area contributed by atoms with Gasteiger partial charge in [-0.2, -0.15) is 0 Å². The Balaban J connectivity index is 2.59. The number of aromatic nitrogens is 1. The number of pyridine rings is 1. The average Bonchev–Trinajstić information content (AvgIpc) is 2.36. The van der Waals surface area contributed by atoms with Gasteiger partial charge >= 0.3 is 5.97 Å². The lowest BCUT2D eigenvalue weighted by Gasteiger charge is -2.23. The standard InChI is InChI=1S/C14H20N2O3/c1-10(2)12(14(18)19)13(17)16(3)9-7-11-6-4-5-8-15-11/h4-6,8,10,12H,7,9H2,1-3H3,(H,18,19). The van der Waals surface area contributed by atoms with Crippen LogP contribution < -0.4 is 0 Å². The van der Waals surface area contributed by atoms with Gasteiger partial charge in [-0.15, -0.1) is 0 Å². The van der Waals surface area contributed by atoms with Gasteiger partial charge in [0.05, 0.1) is 0 Å². The maximum absolute atomic E-state index is 12.1. The van der Waals surface area contributed by atoms with Crippen LogP contribution in [0.5, 0.6) is 0 Å². The molecule has 1 aromatic rings. The van der Waals surface area contributed by atoms with Gasteiger partial charge in [0.15, 0.2) is 0 Å². The second-order valence-corrected chi connectivity index (χ2v) is 4.89. The Kier molecular flexibility index (Phi) is 5.48. The molecule has 0 aliphatic carbocycles. The molecule has 0 radical (unpaired) electrons. The first kappa shape index (κ1) is 15.1. The minimum absolute atomic E-state index is 0.220. The number of aliphatic carboxylic acids is 1. The van der Waals surface area contributed by atoms with Crippen LogP contribution in [0.2, 0.25) is 0 Å². The quantitative estimate of drug-likeness (QED) is 0.789. The van der Waals surface area contributed by atoms with Crippen molar-refractivity contribution in [2.24, 2.45) is 11.8 Å². The van der Waals surface area contributed by atoms with E-state index >= 15 is 0 Å². The Morgan fingerprint density at radius 3 is 2.53 bits per heavy atom. The molecular weight excluding hydrogens is 244 g/mol. The summed E-state index contributed by atoms with van der Waals surface area (Å²) >= 11 is 0. The summed E-state index contributed by atoms with van der Waals surface area (Å²) in [5, 5.41) is 9.09. The molecule has 0 fully saturated rings. The van der Waals surface area contributed by atoms with Gasteiger partial charge in [-0.25, -0.2) is 0 Å². The Morgan fingerprint density at radius 2 is 2.05 bits per heavy atom. The molecule has 1 N–H and O–H groups in total. The van der Waals surface area contributed by atoms with Crippen LogP contribution in [0.25, 0.3) is 0 Å². The fourth-order valence-corrected chi connectivity index (χ4v) is 1.85. The fourth-order valence-electron chi connectivity index (χ4n) is 1.85. The van der Waals surface area contributed by atoms with Crippen LogP contribution in [0, 0.1) is 11.8 Å². The molecule has 1 aromatic heterocycles. The van der Waals surface area contributed by atoms with Crippen LogP contribution >= 0.6 is 0 Å². The lowest BCUT2D eigenvalue weighted by molar-refractivity contribution is -0.152. The minimum atomic E-state index is -1.07. The molecule has 1 heterocycles. The monoisotopic (exact) mass is 264 g/mol. The van der Waals surface area contributed by atoms with Crippen molar-refractivity contribution in [1.82, 2.24) is 9.88 Å². The Labute approximate surface area is 113 Å². The normalized spacial score (nSPS) is 12.2. The van der Waals surface area contributed by atoms with Crippen molar-refractivity contribution >= 4 is 11.9 Å². The Morgan fingerprint density at radius 1 is 1.37 bits per heavy atom. The molecule has 1 amide bonds. The highest BCUT2D eigenvalue weighted by atomic mass is 16.4. The molecule has 5 heteroatoms. The van der Waals surface area contributed by atoms with Crippen molar-refractivity contribution in [3.8, 4) is 0 Å². The minimum Gasteiger partial charge on any atom is -0.481 e. The third kappa shape index (κ3) is 4.35. The zero-order valence-electron chi connectivity index (χ0n) is 11.5. The fraction of sp³-hybridized carbons (Fsp3) is 0.500. The van der Waals surface area contributed by atoms with Gasteiger partial charge in [0, 0.05) is 31.9 Å². The van der Waals surface area contributed by atoms with Crippen molar-refractivity contribution in [1.29, 1.82) is 0 Å². The number of amides is 1. The van der Waals surface area contributed by atoms with E-state index in [9.17, 15) is 9.59 Å². The second-order valence-electron chi connectivity index (χ2n) is 4.89. The molecule has 1 unspecified atom stereocenters. The summed E-state index contributed by atoms with van der Waals surface area (Å²) in [5.41, 5.74) is 0.888. The van der Waals surface area contributed by atoms with Gasteiger partial charge < -0.3 is 10.0 Å². The van der Waals surface area contributed by atoms with E-state index in [0.717, 1.165) is 5.69 Å². The molecule has 104 valence electrons. The third-order valence-electron chi connectivity index (χ3n) is 3.00. The van der Waals surface area contributed by atoms with Crippen LogP contribution in [0.4, 0.5) is 0 Å². The maximum Gasteiger partial charge on any atom is 0.316 e. The Hall–Kier alpha value is -1.91. The Bertz CT molecular complexity index is 432. The van der Waals surface area contributed by atoms with E-state index in [1.165, 1.54) is 4.90 Å². The largest absolute Gasteiger partial charge is 0.481 e. The van der Waals surface area contributed by atoms with Crippen LogP contribution in [0.1, 0.15) is 19.5 Å². The lowest BCUT2D eigenvalue weighted by atomic mass is 9.94. The highest BCUT2D eigenvalue weighted by Crippen LogP contribution is 2.14. The highest BCUT2D eigenvalue weighted by molar-refractivity contribution is 5.97. The van der Waals surface area contributed by atoms with Crippen LogP contribution in [0.3, 0.4) is 0 Å². The lowest BCUT2D eigenvalue weighted by Crippen LogP contribution is -2.40. The predicted molar refractivity (Wildman–Crippen MR) is 71.5 cm³/mol. The molecule has 1 atom stereocenters. The number of hydrogen-bond acceptors (Lipinski definition) is 3. The number of nitrogens with zero attached hydrogens (tertiary/aromatic N) is 2. The topological polar surface area (TPSA) is 70.5 Å². The van der Waals surface area contributed by atoms with Gasteiger partial charge in [-0.1, -0.05) is 19.9 Å². The molecule has 0 bridgehead atoms. The summed E-state index contributed by atoms with van der Waals surface area (Å²) < 4.78 is 0. The van der Waals surface area contributed by atoms with Crippen LogP contribution in [-0.2, 0) is 16.0 Å². The van der Waals surface area contributed by atoms with Gasteiger partial charge in [0.2, 0.25) is 5.91 Å². The van der Waals surface area contributed by atoms with E-state index in [4.69, 9.17) is 5.11 Å². The smallest absolute Gasteiger partial charge is 0.316 e. The SMILES string of the molecule is CC(C)C(C(=O)O)C(=O)N(C)CCc1ccccn1. The van der Waals surface area contributed by atoms with Gasteiger partial charge in [0.25, 0.3) is 0 Å². The first-order valence-electron chi connectivity index (χ1n) is 6.31. The van der Waals surface area contributed by atoms with Crippen LogP contribution in [0.15, 0.2) is 24.4 Å². The van der Waals surface area contributed by atoms with E-state index in [1.807, 2.05) is 18.2 Å². The van der Waals surface area contributed by atoms with Gasteiger partial charge in [-0.05, 0) is 18.1 Å². The van der Waals surface area contributed by atoms with E-state index in [1.54, 1.807) is 27.1 Å². The number of rotatable bonds is 6. The first-order chi connectivity index (χ1) is 8.93. The van der Waals surface area contributed by atoms with Crippen molar-refractivity contribution < 1.29 is 14.7 Å². The summed E-state index contributed by atoms with van der Waals surface area (Å²) in [6, 6.07) is 5.60. The number of carboxylic acid groups (broad SMARTS) is 1. The molecule has 0 saturated carbocycles. The zero-order valence-corrected chi connectivity index (χ0v) is 11.5. The van der Waals surface area contributed by atoms with E-state index in [-0.39, 0.29) is 11.8 Å². The summed E-state index contributed by atoms with van der Waals surface area (Å²) in [7, 11) is 1.63. The molecule has 5 nitrogen and oxygen atoms in total. The molecule has 19 heavy (non-hydrogen) atoms. The van der Waals surface area contributed by atoms with Crippen molar-refractivity contribution in [2.75, 3.05) is 13.6 Å². The van der Waals surface area contributed by atoms with Crippen LogP contribution in [-0.4, -0.2) is 40.5 Å². The van der Waals surface area contributed by atoms with Gasteiger partial charge in [-0.3, -0.25) is 14.6 Å². The molecule has 0 aliphatic heterocycles. The first-order valence-corrected chi connectivity index (χ1v) is 6.31. The maximum atomic E-state index is 12.1. The molecular formula is C14H20N2O3. The number of carbonyl (C=O) groups excluding carboxylic acids is 1. The van der Waals surface area contributed by atoms with E-state index in [2.05, 4.69) is 4.98 Å². The van der Waals surface area contributed by atoms with Crippen molar-refractivity contribution in [2.45, 2.75) is 20.3 Å². The average molecular weight is 264 g/mol. The number of likely N-dealkylation sites (N-methyl/N-ethyl adjacent to an activating group) is 1. The number of hydrogen-bond donors (Lipinski definition) is 1. The van der Waals surface area contributed by atoms with Gasteiger partial charge in [0.1, 0.15) is 5.92 Å². The summed E-state index contributed by atoms with van der Waals surface area (Å²) in [6.07, 6.45) is 2.32. The highest BCUT2D eigenvalue weighted by Gasteiger charge is 2.31. The summed E-state index contributed by atoms with van der Waals surface area (Å²) in [4.78, 5) is 28.8. The summed E-state index contributed by atoms with van der Waals surface area (Å²) in [6.45, 7) is 3.94. The zero-order chi connectivity index (χ0) is 14.4. The van der Waals surface area contributed by atoms with E-state index < -0.39 is 11.9 Å². The second kappa shape index (κ2) is 6.87. The predicted octanol–water partition coefficient (Wildman–Crippen LogP) is 1.44. The molecule has 0 saturated heterocycles. The molecule has 0 spiro atoms. The number of carbonyl (C=O) groups is 2. The third-order valence-corrected chi connectivity index (χ3v) is 3.00. The molecule has 1 rings (SSSR count). The van der Waals surface area contributed by atoms with Crippen molar-refractivity contribution in [3.05, 3.63) is 30.1 Å². The number of carboxylic acids is 1.